The summed E-state index contributed by atoms with van der Waals surface area (Å²) in [6.45, 7) is 1.73. The maximum Gasteiger partial charge on any atom is 0.261 e. The van der Waals surface area contributed by atoms with Gasteiger partial charge in [0.25, 0.3) is 5.56 Å². The first-order valence-electron chi connectivity index (χ1n) is 7.73. The van der Waals surface area contributed by atoms with Crippen molar-refractivity contribution in [2.45, 2.75) is 19.4 Å². The van der Waals surface area contributed by atoms with E-state index in [1.165, 1.54) is 10.9 Å². The fraction of sp³-hybridized carbons (Fsp3) is 0.167. The fourth-order valence-corrected chi connectivity index (χ4v) is 2.62. The van der Waals surface area contributed by atoms with Gasteiger partial charge in [-0.3, -0.25) is 14.2 Å². The van der Waals surface area contributed by atoms with Gasteiger partial charge in [-0.2, -0.15) is 0 Å². The van der Waals surface area contributed by atoms with Gasteiger partial charge in [-0.05, 0) is 30.7 Å². The Bertz CT molecular complexity index is 1000. The number of nitrogens with zero attached hydrogens (tertiary/aromatic N) is 2. The highest BCUT2D eigenvalue weighted by molar-refractivity contribution is 5.94. The molecule has 0 aliphatic carbocycles. The van der Waals surface area contributed by atoms with Crippen LogP contribution in [0.1, 0.15) is 19.4 Å². The van der Waals surface area contributed by atoms with Crippen molar-refractivity contribution in [2.75, 3.05) is 5.32 Å². The number of fused-ring (bicyclic) bond motifs is 1. The lowest BCUT2D eigenvalue weighted by Crippen LogP contribution is -2.33. The molecule has 1 aromatic heterocycles. The molecule has 25 heavy (non-hydrogen) atoms. The summed E-state index contributed by atoms with van der Waals surface area (Å²) in [5, 5.41) is 2.79. The van der Waals surface area contributed by atoms with E-state index in [4.69, 9.17) is 0 Å². The number of hydrogen-bond acceptors (Lipinski definition) is 3. The quantitative estimate of drug-likeness (QED) is 0.791. The number of amides is 1. The second kappa shape index (κ2) is 6.80. The van der Waals surface area contributed by atoms with Crippen LogP contribution in [0.4, 0.5) is 14.5 Å². The van der Waals surface area contributed by atoms with Crippen molar-refractivity contribution in [3.05, 3.63) is 70.8 Å². The molecule has 3 rings (SSSR count). The lowest BCUT2D eigenvalue weighted by Gasteiger charge is -2.18. The Hall–Kier alpha value is -3.09. The molecule has 1 amide bonds. The largest absolute Gasteiger partial charge is 0.322 e. The second-order valence-corrected chi connectivity index (χ2v) is 5.51. The van der Waals surface area contributed by atoms with Crippen molar-refractivity contribution >= 4 is 22.5 Å². The highest BCUT2D eigenvalue weighted by Gasteiger charge is 2.22. The van der Waals surface area contributed by atoms with Gasteiger partial charge in [-0.25, -0.2) is 13.8 Å². The number of aromatic nitrogens is 2. The van der Waals surface area contributed by atoms with Gasteiger partial charge in [0.2, 0.25) is 5.91 Å². The molecule has 0 fully saturated rings. The minimum atomic E-state index is -0.882. The smallest absolute Gasteiger partial charge is 0.261 e. The topological polar surface area (TPSA) is 64.0 Å². The van der Waals surface area contributed by atoms with Crippen LogP contribution in [0, 0.1) is 11.6 Å². The molecule has 0 radical (unpaired) electrons. The molecule has 1 atom stereocenters. The van der Waals surface area contributed by atoms with Gasteiger partial charge < -0.3 is 5.32 Å². The van der Waals surface area contributed by atoms with E-state index in [-0.39, 0.29) is 11.2 Å². The van der Waals surface area contributed by atoms with Crippen LogP contribution in [0.5, 0.6) is 0 Å². The van der Waals surface area contributed by atoms with Crippen molar-refractivity contribution < 1.29 is 13.6 Å². The van der Waals surface area contributed by atoms with Crippen LogP contribution in [0.2, 0.25) is 0 Å². The zero-order chi connectivity index (χ0) is 18.0. The van der Waals surface area contributed by atoms with Gasteiger partial charge in [0.1, 0.15) is 17.7 Å². The molecule has 1 heterocycles. The summed E-state index contributed by atoms with van der Waals surface area (Å²) in [6, 6.07) is 8.81. The van der Waals surface area contributed by atoms with Crippen LogP contribution in [-0.4, -0.2) is 15.5 Å². The molecule has 5 nitrogen and oxygen atoms in total. The van der Waals surface area contributed by atoms with Crippen LogP contribution in [0.3, 0.4) is 0 Å². The summed E-state index contributed by atoms with van der Waals surface area (Å²) in [5.41, 5.74) is 0.0300. The predicted molar refractivity (Wildman–Crippen MR) is 90.3 cm³/mol. The van der Waals surface area contributed by atoms with Crippen LogP contribution in [0.25, 0.3) is 10.9 Å². The summed E-state index contributed by atoms with van der Waals surface area (Å²) in [5.74, 6) is -2.20. The molecule has 0 spiro atoms. The lowest BCUT2D eigenvalue weighted by molar-refractivity contribution is -0.119. The predicted octanol–water partition coefficient (Wildman–Crippen LogP) is 3.26. The molecule has 3 aromatic rings. The van der Waals surface area contributed by atoms with Gasteiger partial charge in [-0.15, -0.1) is 0 Å². The Morgan fingerprint density at radius 2 is 2.00 bits per heavy atom. The standard InChI is InChI=1S/C18H15F2N3O2/c1-2-16(17(24)22-15-8-7-11(19)9-13(15)20)23-10-21-14-6-4-3-5-12(14)18(23)25/h3-10,16H,2H2,1H3,(H,22,24)/t16-/m0/s1. The lowest BCUT2D eigenvalue weighted by atomic mass is 10.1. The van der Waals surface area contributed by atoms with E-state index in [2.05, 4.69) is 10.3 Å². The molecule has 0 aliphatic heterocycles. The fourth-order valence-electron chi connectivity index (χ4n) is 2.62. The van der Waals surface area contributed by atoms with E-state index < -0.39 is 23.6 Å². The Kier molecular flexibility index (Phi) is 4.56. The van der Waals surface area contributed by atoms with E-state index in [0.717, 1.165) is 12.1 Å². The molecule has 128 valence electrons. The zero-order valence-corrected chi connectivity index (χ0v) is 13.4. The third-order valence-corrected chi connectivity index (χ3v) is 3.90. The van der Waals surface area contributed by atoms with Crippen molar-refractivity contribution in [3.8, 4) is 0 Å². The molecule has 7 heteroatoms. The summed E-state index contributed by atoms with van der Waals surface area (Å²) in [4.78, 5) is 29.3. The van der Waals surface area contributed by atoms with Gasteiger partial charge in [0.05, 0.1) is 22.9 Å². The molecule has 0 bridgehead atoms. The van der Waals surface area contributed by atoms with Gasteiger partial charge >= 0.3 is 0 Å². The molecular weight excluding hydrogens is 328 g/mol. The van der Waals surface area contributed by atoms with Gasteiger partial charge in [-0.1, -0.05) is 19.1 Å². The van der Waals surface area contributed by atoms with E-state index in [9.17, 15) is 18.4 Å². The zero-order valence-electron chi connectivity index (χ0n) is 13.4. The first kappa shape index (κ1) is 16.8. The SMILES string of the molecule is CC[C@@H](C(=O)Nc1ccc(F)cc1F)n1cnc2ccccc2c1=O. The summed E-state index contributed by atoms with van der Waals surface area (Å²) >= 11 is 0. The Morgan fingerprint density at radius 3 is 2.72 bits per heavy atom. The highest BCUT2D eigenvalue weighted by atomic mass is 19.1. The van der Waals surface area contributed by atoms with Crippen molar-refractivity contribution in [1.82, 2.24) is 9.55 Å². The molecular formula is C18H15F2N3O2. The highest BCUT2D eigenvalue weighted by Crippen LogP contribution is 2.18. The number of benzene rings is 2. The van der Waals surface area contributed by atoms with Crippen LogP contribution >= 0.6 is 0 Å². The number of para-hydroxylation sites is 1. The Labute approximate surface area is 141 Å². The summed E-state index contributed by atoms with van der Waals surface area (Å²) in [6.07, 6.45) is 1.61. The van der Waals surface area contributed by atoms with Crippen molar-refractivity contribution in [2.24, 2.45) is 0 Å². The van der Waals surface area contributed by atoms with Crippen LogP contribution in [-0.2, 0) is 4.79 Å². The van der Waals surface area contributed by atoms with E-state index in [1.54, 1.807) is 31.2 Å². The number of carbonyl (C=O) groups excluding carboxylic acids is 1. The summed E-state index contributed by atoms with van der Waals surface area (Å²) < 4.78 is 27.9. The summed E-state index contributed by atoms with van der Waals surface area (Å²) in [7, 11) is 0. The van der Waals surface area contributed by atoms with Crippen molar-refractivity contribution in [1.29, 1.82) is 0 Å². The Balaban J connectivity index is 1.95. The number of halogens is 2. The minimum absolute atomic E-state index is 0.147. The van der Waals surface area contributed by atoms with E-state index in [0.29, 0.717) is 23.4 Å². The molecule has 0 saturated carbocycles. The van der Waals surface area contributed by atoms with Crippen LogP contribution in [0.15, 0.2) is 53.6 Å². The maximum atomic E-state index is 13.7. The molecule has 2 aromatic carbocycles. The second-order valence-electron chi connectivity index (χ2n) is 5.51. The maximum absolute atomic E-state index is 13.7. The molecule has 1 N–H and O–H groups in total. The minimum Gasteiger partial charge on any atom is -0.322 e. The monoisotopic (exact) mass is 343 g/mol. The van der Waals surface area contributed by atoms with Crippen LogP contribution < -0.4 is 10.9 Å². The number of nitrogens with one attached hydrogen (secondary N) is 1. The van der Waals surface area contributed by atoms with E-state index >= 15 is 0 Å². The average Bonchev–Trinajstić information content (AvgIpc) is 2.60. The third-order valence-electron chi connectivity index (χ3n) is 3.90. The normalized spacial score (nSPS) is 12.1. The molecule has 0 aliphatic rings. The van der Waals surface area contributed by atoms with E-state index in [1.807, 2.05) is 0 Å². The number of rotatable bonds is 4. The first-order valence-corrected chi connectivity index (χ1v) is 7.73. The molecule has 0 unspecified atom stereocenters. The first-order chi connectivity index (χ1) is 12.0. The Morgan fingerprint density at radius 1 is 1.24 bits per heavy atom. The average molecular weight is 343 g/mol. The molecule has 0 saturated heterocycles. The third kappa shape index (κ3) is 3.26. The number of carbonyl (C=O) groups is 1. The van der Waals surface area contributed by atoms with Gasteiger partial charge in [0.15, 0.2) is 0 Å². The number of hydrogen-bond donors (Lipinski definition) is 1. The van der Waals surface area contributed by atoms with Crippen molar-refractivity contribution in [3.63, 3.8) is 0 Å². The van der Waals surface area contributed by atoms with Gasteiger partial charge in [0, 0.05) is 6.07 Å². The number of anilines is 1.